The van der Waals surface area contributed by atoms with Gasteiger partial charge < -0.3 is 0 Å². The predicted octanol–water partition coefficient (Wildman–Crippen LogP) is 3.90. The fourth-order valence-electron chi connectivity index (χ4n) is 2.21. The number of carbonyl (C=O) groups is 1. The van der Waals surface area contributed by atoms with Crippen LogP contribution < -0.4 is 5.43 Å². The number of amides is 1. The van der Waals surface area contributed by atoms with Gasteiger partial charge in [0.25, 0.3) is 5.91 Å². The first-order chi connectivity index (χ1) is 12.2. The lowest BCUT2D eigenvalue weighted by molar-refractivity contribution is 0.0950. The molecule has 25 heavy (non-hydrogen) atoms. The predicted molar refractivity (Wildman–Crippen MR) is 100 cm³/mol. The highest BCUT2D eigenvalue weighted by Gasteiger charge is 2.10. The van der Waals surface area contributed by atoms with Crippen molar-refractivity contribution in [3.8, 4) is 11.3 Å². The zero-order valence-electron chi connectivity index (χ0n) is 13.8. The number of nitrogens with zero attached hydrogens (tertiary/aromatic N) is 2. The second-order valence-electron chi connectivity index (χ2n) is 5.47. The van der Waals surface area contributed by atoms with Crippen LogP contribution in [0.4, 0.5) is 0 Å². The van der Waals surface area contributed by atoms with Crippen molar-refractivity contribution < 1.29 is 4.79 Å². The summed E-state index contributed by atoms with van der Waals surface area (Å²) in [5.41, 5.74) is 6.32. The third-order valence-corrected chi connectivity index (χ3v) is 3.54. The number of hydrazone groups is 1. The number of allylic oxidation sites excluding steroid dienone is 1. The van der Waals surface area contributed by atoms with Crippen LogP contribution in [0.15, 0.2) is 77.9 Å². The van der Waals surface area contributed by atoms with Crippen LogP contribution in [0.2, 0.25) is 0 Å². The number of rotatable bonds is 5. The fraction of sp³-hybridized carbons (Fsp3) is 0.0500. The van der Waals surface area contributed by atoms with E-state index in [1.165, 1.54) is 0 Å². The number of benzene rings is 2. The first-order valence-corrected chi connectivity index (χ1v) is 7.91. The smallest absolute Gasteiger partial charge is 0.272 e. The van der Waals surface area contributed by atoms with Gasteiger partial charge >= 0.3 is 0 Å². The SMILES string of the molecule is CC(C=Cc1ccccc1)=NNC(=O)c1cc(-c2ccccc2)n[nH]1. The topological polar surface area (TPSA) is 70.1 Å². The average Bonchev–Trinajstić information content (AvgIpc) is 3.16. The Morgan fingerprint density at radius 1 is 1.08 bits per heavy atom. The van der Waals surface area contributed by atoms with Gasteiger partial charge in [-0.15, -0.1) is 0 Å². The van der Waals surface area contributed by atoms with Crippen LogP contribution in [0, 0.1) is 0 Å². The molecular weight excluding hydrogens is 312 g/mol. The highest BCUT2D eigenvalue weighted by atomic mass is 16.2. The van der Waals surface area contributed by atoms with Crippen molar-refractivity contribution in [3.63, 3.8) is 0 Å². The van der Waals surface area contributed by atoms with Gasteiger partial charge in [-0.25, -0.2) is 5.43 Å². The minimum atomic E-state index is -0.331. The summed E-state index contributed by atoms with van der Waals surface area (Å²) < 4.78 is 0. The van der Waals surface area contributed by atoms with E-state index in [1.807, 2.05) is 79.7 Å². The second-order valence-corrected chi connectivity index (χ2v) is 5.47. The number of hydrogen-bond donors (Lipinski definition) is 2. The van der Waals surface area contributed by atoms with Gasteiger partial charge in [0, 0.05) is 5.56 Å². The van der Waals surface area contributed by atoms with E-state index in [0.29, 0.717) is 11.4 Å². The van der Waals surface area contributed by atoms with E-state index >= 15 is 0 Å². The largest absolute Gasteiger partial charge is 0.289 e. The maximum Gasteiger partial charge on any atom is 0.289 e. The Bertz CT molecular complexity index is 896. The minimum Gasteiger partial charge on any atom is -0.272 e. The number of hydrogen-bond acceptors (Lipinski definition) is 3. The Hall–Kier alpha value is -3.47. The quantitative estimate of drug-likeness (QED) is 0.550. The van der Waals surface area contributed by atoms with Gasteiger partial charge in [0.15, 0.2) is 0 Å². The Labute approximate surface area is 146 Å². The molecule has 0 saturated heterocycles. The zero-order valence-corrected chi connectivity index (χ0v) is 13.8. The van der Waals surface area contributed by atoms with E-state index < -0.39 is 0 Å². The molecule has 1 heterocycles. The van der Waals surface area contributed by atoms with Gasteiger partial charge in [0.05, 0.1) is 11.4 Å². The molecule has 0 radical (unpaired) electrons. The molecule has 0 aliphatic rings. The highest BCUT2D eigenvalue weighted by molar-refractivity contribution is 5.98. The lowest BCUT2D eigenvalue weighted by atomic mass is 10.1. The van der Waals surface area contributed by atoms with E-state index in [9.17, 15) is 4.79 Å². The van der Waals surface area contributed by atoms with Gasteiger partial charge in [-0.2, -0.15) is 10.2 Å². The first kappa shape index (κ1) is 16.4. The van der Waals surface area contributed by atoms with Crippen LogP contribution in [0.3, 0.4) is 0 Å². The van der Waals surface area contributed by atoms with Crippen molar-refractivity contribution in [3.05, 3.63) is 84.1 Å². The van der Waals surface area contributed by atoms with Crippen molar-refractivity contribution in [2.75, 3.05) is 0 Å². The summed E-state index contributed by atoms with van der Waals surface area (Å²) in [4.78, 5) is 12.2. The molecule has 0 saturated carbocycles. The van der Waals surface area contributed by atoms with Crippen LogP contribution in [0.1, 0.15) is 23.0 Å². The molecule has 1 aromatic heterocycles. The number of aromatic amines is 1. The Morgan fingerprint density at radius 2 is 1.76 bits per heavy atom. The fourth-order valence-corrected chi connectivity index (χ4v) is 2.21. The van der Waals surface area contributed by atoms with Gasteiger partial charge in [0.1, 0.15) is 5.69 Å². The van der Waals surface area contributed by atoms with Crippen LogP contribution in [-0.2, 0) is 0 Å². The van der Waals surface area contributed by atoms with Crippen molar-refractivity contribution in [1.82, 2.24) is 15.6 Å². The molecule has 5 heteroatoms. The number of nitrogens with one attached hydrogen (secondary N) is 2. The maximum atomic E-state index is 12.2. The molecule has 2 N–H and O–H groups in total. The van der Waals surface area contributed by atoms with Crippen LogP contribution in [-0.4, -0.2) is 21.8 Å². The molecule has 0 atom stereocenters. The molecule has 0 bridgehead atoms. The summed E-state index contributed by atoms with van der Waals surface area (Å²) in [7, 11) is 0. The summed E-state index contributed by atoms with van der Waals surface area (Å²) in [5.74, 6) is -0.331. The van der Waals surface area contributed by atoms with Gasteiger partial charge in [-0.05, 0) is 24.6 Å². The third kappa shape index (κ3) is 4.51. The van der Waals surface area contributed by atoms with Crippen molar-refractivity contribution in [2.24, 2.45) is 5.10 Å². The van der Waals surface area contributed by atoms with E-state index in [-0.39, 0.29) is 5.91 Å². The summed E-state index contributed by atoms with van der Waals surface area (Å²) in [6, 6.07) is 21.3. The third-order valence-electron chi connectivity index (χ3n) is 3.54. The standard InChI is InChI=1S/C20H18N4O/c1-15(12-13-16-8-4-2-5-9-16)21-24-20(25)19-14-18(22-23-19)17-10-6-3-7-11-17/h2-14H,1H3,(H,22,23)(H,24,25). The van der Waals surface area contributed by atoms with Gasteiger partial charge in [-0.1, -0.05) is 66.7 Å². The van der Waals surface area contributed by atoms with Crippen LogP contribution in [0.25, 0.3) is 17.3 Å². The number of carbonyl (C=O) groups excluding carboxylic acids is 1. The average molecular weight is 330 g/mol. The van der Waals surface area contributed by atoms with Crippen molar-refractivity contribution in [1.29, 1.82) is 0 Å². The Balaban J connectivity index is 1.62. The Kier molecular flexibility index (Phi) is 5.16. The van der Waals surface area contributed by atoms with Crippen molar-refractivity contribution >= 4 is 17.7 Å². The molecule has 0 aliphatic heterocycles. The lowest BCUT2D eigenvalue weighted by Gasteiger charge is -1.97. The summed E-state index contributed by atoms with van der Waals surface area (Å²) in [5, 5.41) is 11.0. The molecule has 3 rings (SSSR count). The first-order valence-electron chi connectivity index (χ1n) is 7.91. The molecule has 124 valence electrons. The molecule has 1 amide bonds. The number of H-pyrrole nitrogens is 1. The summed E-state index contributed by atoms with van der Waals surface area (Å²) >= 11 is 0. The molecule has 0 spiro atoms. The van der Waals surface area contributed by atoms with Crippen LogP contribution >= 0.6 is 0 Å². The van der Waals surface area contributed by atoms with Crippen LogP contribution in [0.5, 0.6) is 0 Å². The molecule has 0 fully saturated rings. The summed E-state index contributed by atoms with van der Waals surface area (Å²) in [6.45, 7) is 1.82. The molecule has 5 nitrogen and oxygen atoms in total. The molecule has 0 aliphatic carbocycles. The molecule has 0 unspecified atom stereocenters. The number of aromatic nitrogens is 2. The Morgan fingerprint density at radius 3 is 2.48 bits per heavy atom. The minimum absolute atomic E-state index is 0.331. The molecular formula is C20H18N4O. The van der Waals surface area contributed by atoms with Crippen molar-refractivity contribution in [2.45, 2.75) is 6.92 Å². The van der Waals surface area contributed by atoms with E-state index in [1.54, 1.807) is 6.07 Å². The lowest BCUT2D eigenvalue weighted by Crippen LogP contribution is -2.19. The highest BCUT2D eigenvalue weighted by Crippen LogP contribution is 2.16. The van der Waals surface area contributed by atoms with E-state index in [2.05, 4.69) is 20.7 Å². The van der Waals surface area contributed by atoms with E-state index in [4.69, 9.17) is 0 Å². The molecule has 3 aromatic rings. The van der Waals surface area contributed by atoms with Gasteiger partial charge in [0.2, 0.25) is 0 Å². The summed E-state index contributed by atoms with van der Waals surface area (Å²) in [6.07, 6.45) is 3.78. The maximum absolute atomic E-state index is 12.2. The monoisotopic (exact) mass is 330 g/mol. The second kappa shape index (κ2) is 7.88. The zero-order chi connectivity index (χ0) is 17.5. The van der Waals surface area contributed by atoms with Gasteiger partial charge in [-0.3, -0.25) is 9.89 Å². The molecule has 2 aromatic carbocycles. The van der Waals surface area contributed by atoms with E-state index in [0.717, 1.165) is 16.8 Å². The normalized spacial score (nSPS) is 11.6.